The van der Waals surface area contributed by atoms with Crippen molar-refractivity contribution >= 4 is 17.8 Å². The maximum Gasteiger partial charge on any atom is 0.325 e. The number of hydrogen-bond acceptors (Lipinski definition) is 6. The molecular formula is C27H34N6O2. The van der Waals surface area contributed by atoms with Crippen LogP contribution >= 0.6 is 0 Å². The topological polar surface area (TPSA) is 71.5 Å². The number of hydrogen-bond donors (Lipinski definition) is 1. The molecule has 184 valence electrons. The number of carbonyl (C=O) groups excluding carboxylic acids is 2. The Morgan fingerprint density at radius 3 is 2.11 bits per heavy atom. The van der Waals surface area contributed by atoms with Crippen molar-refractivity contribution < 1.29 is 9.59 Å². The standard InChI is InChI=1S/C27H34N6O2/c1-30-25-24(26(34)29-27(30)35)33(14-8-13-21-9-4-2-5-10-21)23(28-25)20-32-17-15-31(16-18-32)19-22-11-6-3-7-12-22/h2-7,9-12,24-25H,8,13-20H2,1H3,(H,29,34,35). The zero-order valence-electron chi connectivity index (χ0n) is 20.3. The number of rotatable bonds is 8. The number of nitrogens with one attached hydrogen (secondary N) is 1. The van der Waals surface area contributed by atoms with Crippen LogP contribution in [0.25, 0.3) is 0 Å². The lowest BCUT2D eigenvalue weighted by molar-refractivity contribution is -0.127. The Hall–Kier alpha value is -3.23. The fourth-order valence-corrected chi connectivity index (χ4v) is 5.23. The first-order valence-corrected chi connectivity index (χ1v) is 12.5. The van der Waals surface area contributed by atoms with Gasteiger partial charge < -0.3 is 9.80 Å². The number of aliphatic imine (C=N–C) groups is 1. The molecule has 2 aromatic carbocycles. The second kappa shape index (κ2) is 10.6. The third-order valence-corrected chi connectivity index (χ3v) is 7.23. The van der Waals surface area contributed by atoms with Gasteiger partial charge in [-0.2, -0.15) is 0 Å². The van der Waals surface area contributed by atoms with Crippen molar-refractivity contribution in [3.8, 4) is 0 Å². The fraction of sp³-hybridized carbons (Fsp3) is 0.444. The summed E-state index contributed by atoms with van der Waals surface area (Å²) in [5.41, 5.74) is 2.63. The molecule has 0 radical (unpaired) electrons. The second-order valence-electron chi connectivity index (χ2n) is 9.63. The number of amides is 3. The van der Waals surface area contributed by atoms with Crippen LogP contribution in [0.15, 0.2) is 65.7 Å². The molecule has 3 amide bonds. The summed E-state index contributed by atoms with van der Waals surface area (Å²) in [6, 6.07) is 20.2. The van der Waals surface area contributed by atoms with Gasteiger partial charge in [-0.1, -0.05) is 60.7 Å². The first-order chi connectivity index (χ1) is 17.1. The van der Waals surface area contributed by atoms with Crippen molar-refractivity contribution in [3.05, 3.63) is 71.8 Å². The summed E-state index contributed by atoms with van der Waals surface area (Å²) < 4.78 is 0. The molecule has 3 aliphatic rings. The van der Waals surface area contributed by atoms with Gasteiger partial charge in [0.25, 0.3) is 5.91 Å². The highest BCUT2D eigenvalue weighted by molar-refractivity contribution is 6.04. The number of aryl methyl sites for hydroxylation is 1. The lowest BCUT2D eigenvalue weighted by Gasteiger charge is -2.38. The smallest absolute Gasteiger partial charge is 0.325 e. The Balaban J connectivity index is 1.23. The van der Waals surface area contributed by atoms with Crippen LogP contribution < -0.4 is 5.32 Å². The molecule has 1 N–H and O–H groups in total. The molecule has 0 bridgehead atoms. The fourth-order valence-electron chi connectivity index (χ4n) is 5.23. The number of urea groups is 1. The van der Waals surface area contributed by atoms with E-state index in [4.69, 9.17) is 4.99 Å². The van der Waals surface area contributed by atoms with E-state index >= 15 is 0 Å². The molecule has 3 heterocycles. The van der Waals surface area contributed by atoms with Crippen molar-refractivity contribution in [2.45, 2.75) is 31.6 Å². The Morgan fingerprint density at radius 1 is 0.857 bits per heavy atom. The summed E-state index contributed by atoms with van der Waals surface area (Å²) in [6.07, 6.45) is 1.40. The minimum atomic E-state index is -0.456. The van der Waals surface area contributed by atoms with E-state index in [1.165, 1.54) is 11.1 Å². The average Bonchev–Trinajstić information content (AvgIpc) is 3.24. The Labute approximate surface area is 207 Å². The summed E-state index contributed by atoms with van der Waals surface area (Å²) in [5.74, 6) is 0.672. The third-order valence-electron chi connectivity index (χ3n) is 7.23. The van der Waals surface area contributed by atoms with E-state index in [0.29, 0.717) is 6.54 Å². The molecule has 2 fully saturated rings. The van der Waals surface area contributed by atoms with Gasteiger partial charge in [0.2, 0.25) is 0 Å². The molecule has 2 atom stereocenters. The monoisotopic (exact) mass is 474 g/mol. The minimum absolute atomic E-state index is 0.246. The second-order valence-corrected chi connectivity index (χ2v) is 9.63. The van der Waals surface area contributed by atoms with E-state index in [1.807, 2.05) is 6.07 Å². The van der Waals surface area contributed by atoms with Gasteiger partial charge in [0.15, 0.2) is 12.2 Å². The van der Waals surface area contributed by atoms with Crippen LogP contribution in [0, 0.1) is 0 Å². The first-order valence-electron chi connectivity index (χ1n) is 12.5. The molecule has 3 aliphatic heterocycles. The van der Waals surface area contributed by atoms with Crippen molar-refractivity contribution in [1.29, 1.82) is 0 Å². The number of imide groups is 1. The summed E-state index contributed by atoms with van der Waals surface area (Å²) in [5, 5.41) is 2.50. The van der Waals surface area contributed by atoms with Gasteiger partial charge in [-0.05, 0) is 24.0 Å². The van der Waals surface area contributed by atoms with Crippen LogP contribution in [0.1, 0.15) is 17.5 Å². The molecule has 2 aromatic rings. The van der Waals surface area contributed by atoms with Crippen LogP contribution in [0.5, 0.6) is 0 Å². The molecular weight excluding hydrogens is 440 g/mol. The lowest BCUT2D eigenvalue weighted by atomic mass is 10.1. The van der Waals surface area contributed by atoms with Gasteiger partial charge in [0.05, 0.1) is 6.54 Å². The van der Waals surface area contributed by atoms with Gasteiger partial charge in [-0.3, -0.25) is 19.9 Å². The average molecular weight is 475 g/mol. The molecule has 5 rings (SSSR count). The number of piperazine rings is 1. The lowest BCUT2D eigenvalue weighted by Crippen LogP contribution is -2.64. The molecule has 8 nitrogen and oxygen atoms in total. The van der Waals surface area contributed by atoms with Crippen LogP contribution in [-0.4, -0.2) is 95.9 Å². The highest BCUT2D eigenvalue weighted by Gasteiger charge is 2.48. The number of benzene rings is 2. The van der Waals surface area contributed by atoms with Crippen LogP contribution in [0.2, 0.25) is 0 Å². The Morgan fingerprint density at radius 2 is 1.46 bits per heavy atom. The SMILES string of the molecule is CN1C(=O)NC(=O)C2C1N=C(CN1CCN(Cc3ccccc3)CC1)N2CCCc1ccccc1. The van der Waals surface area contributed by atoms with E-state index < -0.39 is 12.2 Å². The predicted octanol–water partition coefficient (Wildman–Crippen LogP) is 2.03. The summed E-state index contributed by atoms with van der Waals surface area (Å²) in [7, 11) is 1.72. The Kier molecular flexibility index (Phi) is 7.11. The van der Waals surface area contributed by atoms with Gasteiger partial charge >= 0.3 is 6.03 Å². The summed E-state index contributed by atoms with van der Waals surface area (Å²) in [6.45, 7) is 6.33. The number of nitrogens with zero attached hydrogens (tertiary/aromatic N) is 5. The normalized spacial score (nSPS) is 23.3. The van der Waals surface area contributed by atoms with E-state index in [2.05, 4.69) is 74.6 Å². The minimum Gasteiger partial charge on any atom is -0.344 e. The van der Waals surface area contributed by atoms with E-state index in [0.717, 1.165) is 57.9 Å². The quantitative estimate of drug-likeness (QED) is 0.634. The van der Waals surface area contributed by atoms with Crippen LogP contribution in [0.3, 0.4) is 0 Å². The molecule has 35 heavy (non-hydrogen) atoms. The molecule has 0 aliphatic carbocycles. The molecule has 2 unspecified atom stereocenters. The maximum atomic E-state index is 12.8. The highest BCUT2D eigenvalue weighted by atomic mass is 16.2. The van der Waals surface area contributed by atoms with Crippen molar-refractivity contribution in [2.75, 3.05) is 46.3 Å². The van der Waals surface area contributed by atoms with Crippen LogP contribution in [0.4, 0.5) is 4.79 Å². The van der Waals surface area contributed by atoms with Gasteiger partial charge in [0.1, 0.15) is 5.84 Å². The summed E-state index contributed by atoms with van der Waals surface area (Å²) >= 11 is 0. The number of likely N-dealkylation sites (N-methyl/N-ethyl adjacent to an activating group) is 1. The van der Waals surface area contributed by atoms with Gasteiger partial charge in [-0.25, -0.2) is 9.79 Å². The van der Waals surface area contributed by atoms with E-state index in [9.17, 15) is 9.59 Å². The molecule has 0 spiro atoms. The van der Waals surface area contributed by atoms with Crippen molar-refractivity contribution in [3.63, 3.8) is 0 Å². The molecule has 0 aromatic heterocycles. The largest absolute Gasteiger partial charge is 0.344 e. The van der Waals surface area contributed by atoms with Crippen LogP contribution in [-0.2, 0) is 17.8 Å². The molecule has 2 saturated heterocycles. The molecule has 0 saturated carbocycles. The van der Waals surface area contributed by atoms with Crippen molar-refractivity contribution in [1.82, 2.24) is 24.9 Å². The zero-order chi connectivity index (χ0) is 24.2. The third kappa shape index (κ3) is 5.39. The summed E-state index contributed by atoms with van der Waals surface area (Å²) in [4.78, 5) is 38.6. The molecule has 8 heteroatoms. The Bertz CT molecular complexity index is 1050. The predicted molar refractivity (Wildman–Crippen MR) is 136 cm³/mol. The number of fused-ring (bicyclic) bond motifs is 1. The highest BCUT2D eigenvalue weighted by Crippen LogP contribution is 2.25. The zero-order valence-corrected chi connectivity index (χ0v) is 20.3. The number of amidine groups is 1. The maximum absolute atomic E-state index is 12.8. The number of carbonyl (C=O) groups is 2. The van der Waals surface area contributed by atoms with Crippen molar-refractivity contribution in [2.24, 2.45) is 4.99 Å². The first kappa shape index (κ1) is 23.5. The van der Waals surface area contributed by atoms with Gasteiger partial charge in [-0.15, -0.1) is 0 Å². The van der Waals surface area contributed by atoms with E-state index in [-0.39, 0.29) is 11.9 Å². The van der Waals surface area contributed by atoms with Gasteiger partial charge in [0, 0.05) is 46.3 Å². The van der Waals surface area contributed by atoms with E-state index in [1.54, 1.807) is 11.9 Å².